The summed E-state index contributed by atoms with van der Waals surface area (Å²) in [4.78, 5) is 11.7. The molecule has 0 aliphatic rings. The van der Waals surface area contributed by atoms with Gasteiger partial charge in [-0.25, -0.2) is 9.00 Å². The molecule has 0 radical (unpaired) electrons. The Bertz CT molecular complexity index is 675. The monoisotopic (exact) mass is 286 g/mol. The van der Waals surface area contributed by atoms with Crippen LogP contribution in [0.15, 0.2) is 64.4 Å². The number of aliphatic carboxylic acids is 1. The first kappa shape index (κ1) is 14.2. The topological polar surface area (TPSA) is 54.4 Å². The molecule has 0 amide bonds. The Morgan fingerprint density at radius 2 is 1.80 bits per heavy atom. The van der Waals surface area contributed by atoms with Gasteiger partial charge in [0, 0.05) is 4.90 Å². The van der Waals surface area contributed by atoms with Gasteiger partial charge in [-0.05, 0) is 36.3 Å². The molecular formula is C16H14O3S. The second kappa shape index (κ2) is 6.30. The molecule has 0 aliphatic carbocycles. The zero-order valence-corrected chi connectivity index (χ0v) is 11.8. The van der Waals surface area contributed by atoms with E-state index in [1.807, 2.05) is 19.1 Å². The Hall–Kier alpha value is -2.20. The molecule has 0 saturated carbocycles. The van der Waals surface area contributed by atoms with Gasteiger partial charge in [-0.2, -0.15) is 0 Å². The molecule has 1 N–H and O–H groups in total. The van der Waals surface area contributed by atoms with E-state index in [9.17, 15) is 14.1 Å². The number of benzene rings is 2. The fourth-order valence-electron chi connectivity index (χ4n) is 1.75. The van der Waals surface area contributed by atoms with Crippen molar-refractivity contribution in [2.45, 2.75) is 11.8 Å². The molecule has 3 nitrogen and oxygen atoms in total. The van der Waals surface area contributed by atoms with E-state index >= 15 is 0 Å². The van der Waals surface area contributed by atoms with Crippen LogP contribution in [0, 0.1) is 6.92 Å². The standard InChI is InChI=1S/C16H14O3S/c1-12-6-5-9-14(10-12)20(19)15(16(17)18)11-13-7-3-2-4-8-13/h2-11H,1H3,(H,17,18)/b15-11-. The molecule has 0 spiro atoms. The molecule has 0 heterocycles. The van der Waals surface area contributed by atoms with Crippen molar-refractivity contribution < 1.29 is 14.1 Å². The lowest BCUT2D eigenvalue weighted by Gasteiger charge is -2.04. The van der Waals surface area contributed by atoms with Crippen molar-refractivity contribution in [2.24, 2.45) is 0 Å². The maximum absolute atomic E-state index is 12.4. The minimum atomic E-state index is -1.70. The summed E-state index contributed by atoms with van der Waals surface area (Å²) in [6.07, 6.45) is 1.45. The molecule has 0 aliphatic heterocycles. The van der Waals surface area contributed by atoms with Gasteiger partial charge in [0.15, 0.2) is 0 Å². The zero-order valence-electron chi connectivity index (χ0n) is 10.9. The average Bonchev–Trinajstić information content (AvgIpc) is 2.45. The van der Waals surface area contributed by atoms with E-state index in [0.29, 0.717) is 10.5 Å². The fraction of sp³-hybridized carbons (Fsp3) is 0.0625. The molecule has 20 heavy (non-hydrogen) atoms. The van der Waals surface area contributed by atoms with E-state index < -0.39 is 16.8 Å². The third kappa shape index (κ3) is 3.42. The normalized spacial score (nSPS) is 12.9. The van der Waals surface area contributed by atoms with Gasteiger partial charge in [0.2, 0.25) is 0 Å². The van der Waals surface area contributed by atoms with Crippen molar-refractivity contribution in [3.05, 3.63) is 70.6 Å². The van der Waals surface area contributed by atoms with E-state index in [1.54, 1.807) is 42.5 Å². The number of aryl methyl sites for hydroxylation is 1. The summed E-state index contributed by atoms with van der Waals surface area (Å²) in [5.41, 5.74) is 1.66. The lowest BCUT2D eigenvalue weighted by molar-refractivity contribution is -0.131. The summed E-state index contributed by atoms with van der Waals surface area (Å²) in [7, 11) is -1.70. The Morgan fingerprint density at radius 1 is 1.10 bits per heavy atom. The van der Waals surface area contributed by atoms with Crippen LogP contribution in [-0.2, 0) is 15.6 Å². The number of hydrogen-bond donors (Lipinski definition) is 1. The molecule has 2 aromatic carbocycles. The number of carbonyl (C=O) groups is 1. The molecule has 0 fully saturated rings. The van der Waals surface area contributed by atoms with E-state index in [2.05, 4.69) is 0 Å². The van der Waals surface area contributed by atoms with E-state index in [-0.39, 0.29) is 4.91 Å². The second-order valence-electron chi connectivity index (χ2n) is 4.31. The van der Waals surface area contributed by atoms with Gasteiger partial charge in [-0.1, -0.05) is 42.5 Å². The van der Waals surface area contributed by atoms with E-state index in [1.165, 1.54) is 6.08 Å². The van der Waals surface area contributed by atoms with Crippen LogP contribution in [0.25, 0.3) is 6.08 Å². The maximum atomic E-state index is 12.4. The molecule has 0 bridgehead atoms. The highest BCUT2D eigenvalue weighted by atomic mass is 32.2. The van der Waals surface area contributed by atoms with Gasteiger partial charge in [-0.3, -0.25) is 0 Å². The molecule has 2 rings (SSSR count). The molecule has 0 aromatic heterocycles. The maximum Gasteiger partial charge on any atom is 0.345 e. The molecule has 1 atom stereocenters. The highest BCUT2D eigenvalue weighted by Gasteiger charge is 2.17. The Kier molecular flexibility index (Phi) is 4.48. The Labute approximate surface area is 120 Å². The summed E-state index contributed by atoms with van der Waals surface area (Å²) >= 11 is 0. The molecule has 102 valence electrons. The van der Waals surface area contributed by atoms with Crippen molar-refractivity contribution in [2.75, 3.05) is 0 Å². The predicted octanol–water partition coefficient (Wildman–Crippen LogP) is 3.23. The van der Waals surface area contributed by atoms with Crippen molar-refractivity contribution in [1.29, 1.82) is 0 Å². The fourth-order valence-corrected chi connectivity index (χ4v) is 2.90. The van der Waals surface area contributed by atoms with Crippen molar-refractivity contribution in [3.63, 3.8) is 0 Å². The van der Waals surface area contributed by atoms with Crippen LogP contribution in [0.5, 0.6) is 0 Å². The number of carboxylic acid groups (broad SMARTS) is 1. The summed E-state index contributed by atoms with van der Waals surface area (Å²) in [6.45, 7) is 1.88. The number of rotatable bonds is 4. The van der Waals surface area contributed by atoms with E-state index in [0.717, 1.165) is 5.56 Å². The van der Waals surface area contributed by atoms with E-state index in [4.69, 9.17) is 0 Å². The van der Waals surface area contributed by atoms with Crippen LogP contribution in [0.4, 0.5) is 0 Å². The molecule has 2 aromatic rings. The first-order chi connectivity index (χ1) is 9.58. The van der Waals surface area contributed by atoms with Crippen LogP contribution in [0.2, 0.25) is 0 Å². The predicted molar refractivity (Wildman–Crippen MR) is 79.6 cm³/mol. The molecular weight excluding hydrogens is 272 g/mol. The summed E-state index contributed by atoms with van der Waals surface area (Å²) < 4.78 is 12.4. The smallest absolute Gasteiger partial charge is 0.345 e. The van der Waals surface area contributed by atoms with Crippen LogP contribution in [0.3, 0.4) is 0 Å². The first-order valence-electron chi connectivity index (χ1n) is 6.06. The average molecular weight is 286 g/mol. The third-order valence-electron chi connectivity index (χ3n) is 2.71. The van der Waals surface area contributed by atoms with Crippen LogP contribution < -0.4 is 0 Å². The largest absolute Gasteiger partial charge is 0.477 e. The zero-order chi connectivity index (χ0) is 14.5. The lowest BCUT2D eigenvalue weighted by Crippen LogP contribution is -2.07. The number of carboxylic acids is 1. The quantitative estimate of drug-likeness (QED) is 0.878. The van der Waals surface area contributed by atoms with Gasteiger partial charge in [0.1, 0.15) is 4.91 Å². The van der Waals surface area contributed by atoms with Crippen molar-refractivity contribution in [1.82, 2.24) is 0 Å². The molecule has 0 saturated heterocycles. The first-order valence-corrected chi connectivity index (χ1v) is 7.21. The van der Waals surface area contributed by atoms with Crippen LogP contribution in [0.1, 0.15) is 11.1 Å². The van der Waals surface area contributed by atoms with Crippen molar-refractivity contribution >= 4 is 22.8 Å². The van der Waals surface area contributed by atoms with Gasteiger partial charge < -0.3 is 5.11 Å². The van der Waals surface area contributed by atoms with Gasteiger partial charge >= 0.3 is 5.97 Å². The molecule has 4 heteroatoms. The van der Waals surface area contributed by atoms with Gasteiger partial charge in [0.25, 0.3) is 0 Å². The summed E-state index contributed by atoms with van der Waals surface area (Å²) in [6, 6.07) is 16.1. The Morgan fingerprint density at radius 3 is 2.40 bits per heavy atom. The van der Waals surface area contributed by atoms with Crippen LogP contribution >= 0.6 is 0 Å². The highest BCUT2D eigenvalue weighted by molar-refractivity contribution is 7.90. The van der Waals surface area contributed by atoms with Gasteiger partial charge in [-0.15, -0.1) is 0 Å². The van der Waals surface area contributed by atoms with Crippen LogP contribution in [-0.4, -0.2) is 15.3 Å². The number of hydrogen-bond acceptors (Lipinski definition) is 2. The molecule has 1 unspecified atom stereocenters. The van der Waals surface area contributed by atoms with Crippen molar-refractivity contribution in [3.8, 4) is 0 Å². The Balaban J connectivity index is 2.42. The SMILES string of the molecule is Cc1cccc(S(=O)/C(=C\c2ccccc2)C(=O)O)c1. The summed E-state index contributed by atoms with van der Waals surface area (Å²) in [5.74, 6) is -1.17. The van der Waals surface area contributed by atoms with Gasteiger partial charge in [0.05, 0.1) is 10.8 Å². The highest BCUT2D eigenvalue weighted by Crippen LogP contribution is 2.18. The minimum absolute atomic E-state index is 0.123. The third-order valence-corrected chi connectivity index (χ3v) is 4.09. The summed E-state index contributed by atoms with van der Waals surface area (Å²) in [5, 5.41) is 9.27. The minimum Gasteiger partial charge on any atom is -0.477 e. The second-order valence-corrected chi connectivity index (χ2v) is 5.76. The lowest BCUT2D eigenvalue weighted by atomic mass is 10.2.